The zero-order valence-corrected chi connectivity index (χ0v) is 18.5. The predicted molar refractivity (Wildman–Crippen MR) is 119 cm³/mol. The van der Waals surface area contributed by atoms with Gasteiger partial charge < -0.3 is 20.3 Å². The lowest BCUT2D eigenvalue weighted by Gasteiger charge is -2.24. The summed E-state index contributed by atoms with van der Waals surface area (Å²) >= 11 is 0. The van der Waals surface area contributed by atoms with Crippen LogP contribution >= 0.6 is 0 Å². The molecule has 0 spiro atoms. The molecule has 2 N–H and O–H groups in total. The molecule has 6 heteroatoms. The number of carbonyl (C=O) groups excluding carboxylic acids is 1. The van der Waals surface area contributed by atoms with Gasteiger partial charge in [0.1, 0.15) is 6.54 Å². The van der Waals surface area contributed by atoms with Crippen molar-refractivity contribution in [3.05, 3.63) is 35.9 Å². The van der Waals surface area contributed by atoms with E-state index in [9.17, 15) is 4.79 Å². The molecule has 1 saturated carbocycles. The summed E-state index contributed by atoms with van der Waals surface area (Å²) in [6.45, 7) is 5.81. The van der Waals surface area contributed by atoms with E-state index in [4.69, 9.17) is 4.74 Å². The highest BCUT2D eigenvalue weighted by Crippen LogP contribution is 2.30. The molecule has 6 nitrogen and oxygen atoms in total. The fraction of sp³-hybridized carbons (Fsp3) is 0.652. The molecule has 1 amide bonds. The van der Waals surface area contributed by atoms with Gasteiger partial charge in [0, 0.05) is 27.2 Å². The number of guanidine groups is 1. The van der Waals surface area contributed by atoms with E-state index in [-0.39, 0.29) is 18.5 Å². The molecule has 0 saturated heterocycles. The van der Waals surface area contributed by atoms with E-state index in [2.05, 4.69) is 41.6 Å². The van der Waals surface area contributed by atoms with Crippen LogP contribution in [0.1, 0.15) is 57.6 Å². The first-order chi connectivity index (χ1) is 14.0. The summed E-state index contributed by atoms with van der Waals surface area (Å²) in [5.74, 6) is 1.32. The Morgan fingerprint density at radius 3 is 2.55 bits per heavy atom. The summed E-state index contributed by atoms with van der Waals surface area (Å²) in [4.78, 5) is 18.1. The smallest absolute Gasteiger partial charge is 0.243 e. The largest absolute Gasteiger partial charge is 0.378 e. The molecule has 1 aliphatic carbocycles. The molecule has 162 valence electrons. The molecule has 2 unspecified atom stereocenters. The quantitative estimate of drug-likeness (QED) is 0.465. The Bertz CT molecular complexity index is 627. The standard InChI is InChI=1S/C23H38N4O2/c1-5-29-21(20-13-9-10-14-20)15-16-24-23(25-17-22(28)27(3)4)26-18(2)19-11-7-6-8-12-19/h6-8,11-12,18,20-21H,5,9-10,13-17H2,1-4H3,(H2,24,25,26). The molecule has 1 aromatic carbocycles. The maximum atomic E-state index is 12.0. The number of hydrogen-bond donors (Lipinski definition) is 2. The number of rotatable bonds is 10. The van der Waals surface area contributed by atoms with Crippen LogP contribution in [0.3, 0.4) is 0 Å². The van der Waals surface area contributed by atoms with Gasteiger partial charge in [0.15, 0.2) is 5.96 Å². The summed E-state index contributed by atoms with van der Waals surface area (Å²) in [6, 6.07) is 10.3. The Morgan fingerprint density at radius 1 is 1.24 bits per heavy atom. The molecule has 0 heterocycles. The number of nitrogens with zero attached hydrogens (tertiary/aromatic N) is 2. The van der Waals surface area contributed by atoms with E-state index in [1.165, 1.54) is 31.2 Å². The Morgan fingerprint density at radius 2 is 1.93 bits per heavy atom. The van der Waals surface area contributed by atoms with Crippen LogP contribution in [0, 0.1) is 5.92 Å². The van der Waals surface area contributed by atoms with E-state index >= 15 is 0 Å². The van der Waals surface area contributed by atoms with Crippen molar-refractivity contribution in [3.8, 4) is 0 Å². The summed E-state index contributed by atoms with van der Waals surface area (Å²) in [5, 5.41) is 6.85. The van der Waals surface area contributed by atoms with Gasteiger partial charge in [0.25, 0.3) is 0 Å². The lowest BCUT2D eigenvalue weighted by molar-refractivity contribution is -0.127. The van der Waals surface area contributed by atoms with Crippen molar-refractivity contribution in [3.63, 3.8) is 0 Å². The zero-order valence-electron chi connectivity index (χ0n) is 18.5. The average molecular weight is 403 g/mol. The summed E-state index contributed by atoms with van der Waals surface area (Å²) in [7, 11) is 3.50. The van der Waals surface area contributed by atoms with Gasteiger partial charge in [-0.25, -0.2) is 4.99 Å². The maximum Gasteiger partial charge on any atom is 0.243 e. The maximum absolute atomic E-state index is 12.0. The molecule has 1 aromatic rings. The number of ether oxygens (including phenoxy) is 1. The molecule has 2 atom stereocenters. The Kier molecular flexibility index (Phi) is 9.98. The van der Waals surface area contributed by atoms with Gasteiger partial charge in [0.05, 0.1) is 12.1 Å². The van der Waals surface area contributed by atoms with Gasteiger partial charge in [-0.05, 0) is 44.6 Å². The van der Waals surface area contributed by atoms with E-state index in [1.807, 2.05) is 18.2 Å². The number of nitrogens with one attached hydrogen (secondary N) is 2. The van der Waals surface area contributed by atoms with Gasteiger partial charge in [-0.3, -0.25) is 4.79 Å². The molecule has 0 aliphatic heterocycles. The van der Waals surface area contributed by atoms with Crippen LogP contribution in [0.2, 0.25) is 0 Å². The highest BCUT2D eigenvalue weighted by Gasteiger charge is 2.25. The highest BCUT2D eigenvalue weighted by molar-refractivity contribution is 5.85. The second kappa shape index (κ2) is 12.5. The van der Waals surface area contributed by atoms with Crippen LogP contribution in [0.25, 0.3) is 0 Å². The number of aliphatic imine (C=N–C) groups is 1. The van der Waals surface area contributed by atoms with Gasteiger partial charge in [0.2, 0.25) is 5.91 Å². The first-order valence-corrected chi connectivity index (χ1v) is 10.9. The SMILES string of the molecule is CCOC(CCNC(=NCC(=O)N(C)C)NC(C)c1ccccc1)C1CCCC1. The number of amides is 1. The first kappa shape index (κ1) is 23.2. The van der Waals surface area contributed by atoms with E-state index in [0.717, 1.165) is 19.6 Å². The number of hydrogen-bond acceptors (Lipinski definition) is 3. The Labute approximate surface area is 176 Å². The number of benzene rings is 1. The van der Waals surface area contributed by atoms with Crippen molar-refractivity contribution in [1.82, 2.24) is 15.5 Å². The van der Waals surface area contributed by atoms with Crippen LogP contribution in [0.5, 0.6) is 0 Å². The van der Waals surface area contributed by atoms with Crippen molar-refractivity contribution in [2.45, 2.75) is 58.1 Å². The van der Waals surface area contributed by atoms with Gasteiger partial charge in [-0.15, -0.1) is 0 Å². The van der Waals surface area contributed by atoms with Crippen LogP contribution in [0.15, 0.2) is 35.3 Å². The second-order valence-corrected chi connectivity index (χ2v) is 7.98. The van der Waals surface area contributed by atoms with Crippen molar-refractivity contribution >= 4 is 11.9 Å². The number of carbonyl (C=O) groups is 1. The monoisotopic (exact) mass is 402 g/mol. The molecule has 0 radical (unpaired) electrons. The molecule has 1 aliphatic rings. The second-order valence-electron chi connectivity index (χ2n) is 7.98. The fourth-order valence-corrected chi connectivity index (χ4v) is 3.80. The minimum absolute atomic E-state index is 0.0170. The van der Waals surface area contributed by atoms with Crippen molar-refractivity contribution in [1.29, 1.82) is 0 Å². The minimum atomic E-state index is -0.0170. The topological polar surface area (TPSA) is 66.0 Å². The molecule has 1 fully saturated rings. The average Bonchev–Trinajstić information content (AvgIpc) is 3.26. The normalized spacial score (nSPS) is 17.0. The summed E-state index contributed by atoms with van der Waals surface area (Å²) in [6.07, 6.45) is 6.42. The van der Waals surface area contributed by atoms with Crippen LogP contribution < -0.4 is 10.6 Å². The minimum Gasteiger partial charge on any atom is -0.378 e. The van der Waals surface area contributed by atoms with E-state index in [0.29, 0.717) is 18.0 Å². The Hall–Kier alpha value is -2.08. The molecule has 2 rings (SSSR count). The van der Waals surface area contributed by atoms with Crippen LogP contribution in [-0.4, -0.2) is 56.7 Å². The zero-order chi connectivity index (χ0) is 21.1. The first-order valence-electron chi connectivity index (χ1n) is 10.9. The van der Waals surface area contributed by atoms with E-state index in [1.54, 1.807) is 19.0 Å². The van der Waals surface area contributed by atoms with Gasteiger partial charge in [-0.1, -0.05) is 43.2 Å². The van der Waals surface area contributed by atoms with Crippen molar-refractivity contribution in [2.24, 2.45) is 10.9 Å². The van der Waals surface area contributed by atoms with E-state index < -0.39 is 0 Å². The molecule has 0 bridgehead atoms. The lowest BCUT2D eigenvalue weighted by atomic mass is 9.98. The van der Waals surface area contributed by atoms with Gasteiger partial charge in [-0.2, -0.15) is 0 Å². The van der Waals surface area contributed by atoms with Crippen LogP contribution in [-0.2, 0) is 9.53 Å². The summed E-state index contributed by atoms with van der Waals surface area (Å²) < 4.78 is 6.03. The molecular formula is C23H38N4O2. The third-order valence-electron chi connectivity index (χ3n) is 5.55. The molecule has 29 heavy (non-hydrogen) atoms. The third-order valence-corrected chi connectivity index (χ3v) is 5.55. The number of likely N-dealkylation sites (N-methyl/N-ethyl adjacent to an activating group) is 1. The highest BCUT2D eigenvalue weighted by atomic mass is 16.5. The van der Waals surface area contributed by atoms with Crippen molar-refractivity contribution in [2.75, 3.05) is 33.8 Å². The molecule has 0 aromatic heterocycles. The fourth-order valence-electron chi connectivity index (χ4n) is 3.80. The van der Waals surface area contributed by atoms with Crippen LogP contribution in [0.4, 0.5) is 0 Å². The Balaban J connectivity index is 1.96. The van der Waals surface area contributed by atoms with Crippen molar-refractivity contribution < 1.29 is 9.53 Å². The molecular weight excluding hydrogens is 364 g/mol. The third kappa shape index (κ3) is 8.05. The van der Waals surface area contributed by atoms with Gasteiger partial charge >= 0.3 is 0 Å². The lowest BCUT2D eigenvalue weighted by Crippen LogP contribution is -2.41. The summed E-state index contributed by atoms with van der Waals surface area (Å²) in [5.41, 5.74) is 1.18. The predicted octanol–water partition coefficient (Wildman–Crippen LogP) is 3.36.